The predicted molar refractivity (Wildman–Crippen MR) is 55.7 cm³/mol. The van der Waals surface area contributed by atoms with Crippen molar-refractivity contribution in [1.29, 1.82) is 0 Å². The molecule has 0 spiro atoms. The first-order chi connectivity index (χ1) is 7.34. The summed E-state index contributed by atoms with van der Waals surface area (Å²) in [5, 5.41) is 2.95. The maximum atomic E-state index is 11.8. The van der Waals surface area contributed by atoms with E-state index in [2.05, 4.69) is 10.3 Å². The van der Waals surface area contributed by atoms with Gasteiger partial charge in [0.25, 0.3) is 5.91 Å². The number of nitrogens with one attached hydrogen (secondary N) is 1. The summed E-state index contributed by atoms with van der Waals surface area (Å²) < 4.78 is 1.80. The number of carbonyl (C=O) groups excluding carboxylic acids is 1. The molecule has 0 radical (unpaired) electrons. The molecule has 0 saturated heterocycles. The minimum atomic E-state index is -0.0313. The van der Waals surface area contributed by atoms with Crippen molar-refractivity contribution in [3.05, 3.63) is 36.3 Å². The molecule has 2 heterocycles. The summed E-state index contributed by atoms with van der Waals surface area (Å²) in [5.41, 5.74) is 1.41. The average Bonchev–Trinajstić information content (AvgIpc) is 2.96. The third-order valence-electron chi connectivity index (χ3n) is 2.56. The van der Waals surface area contributed by atoms with Gasteiger partial charge < -0.3 is 5.32 Å². The Bertz CT molecular complexity index is 513. The van der Waals surface area contributed by atoms with Crippen LogP contribution in [0.1, 0.15) is 23.3 Å². The minimum absolute atomic E-state index is 0.0313. The first-order valence-electron chi connectivity index (χ1n) is 5.07. The first-order valence-corrected chi connectivity index (χ1v) is 5.07. The molecule has 4 nitrogen and oxygen atoms in total. The van der Waals surface area contributed by atoms with Crippen molar-refractivity contribution in [2.24, 2.45) is 0 Å². The molecule has 4 heteroatoms. The van der Waals surface area contributed by atoms with E-state index in [9.17, 15) is 4.79 Å². The highest BCUT2D eigenvalue weighted by Crippen LogP contribution is 2.19. The van der Waals surface area contributed by atoms with Crippen molar-refractivity contribution in [3.8, 4) is 0 Å². The highest BCUT2D eigenvalue weighted by molar-refractivity contribution is 5.93. The number of hydrogen-bond donors (Lipinski definition) is 1. The van der Waals surface area contributed by atoms with Gasteiger partial charge in [-0.05, 0) is 25.0 Å². The fourth-order valence-electron chi connectivity index (χ4n) is 1.59. The van der Waals surface area contributed by atoms with Gasteiger partial charge in [0.1, 0.15) is 11.3 Å². The van der Waals surface area contributed by atoms with Gasteiger partial charge in [0, 0.05) is 12.2 Å². The number of fused-ring (bicyclic) bond motifs is 1. The van der Waals surface area contributed by atoms with Crippen molar-refractivity contribution in [1.82, 2.24) is 14.7 Å². The fourth-order valence-corrected chi connectivity index (χ4v) is 1.59. The highest BCUT2D eigenvalue weighted by Gasteiger charge is 2.24. The van der Waals surface area contributed by atoms with Gasteiger partial charge in [-0.25, -0.2) is 4.98 Å². The zero-order chi connectivity index (χ0) is 10.3. The standard InChI is InChI=1S/C11H11N3O/c15-11(13-8-4-5-8)9-7-12-10-3-1-2-6-14(9)10/h1-3,6-8H,4-5H2,(H,13,15). The summed E-state index contributed by atoms with van der Waals surface area (Å²) in [6, 6.07) is 6.06. The molecule has 2 aromatic heterocycles. The number of carbonyl (C=O) groups is 1. The average molecular weight is 201 g/mol. The SMILES string of the molecule is O=C(NC1CC1)c1cnc2ccccn12. The topological polar surface area (TPSA) is 46.4 Å². The van der Waals surface area contributed by atoms with Crippen LogP contribution in [-0.2, 0) is 0 Å². The molecule has 0 aliphatic heterocycles. The number of hydrogen-bond acceptors (Lipinski definition) is 2. The lowest BCUT2D eigenvalue weighted by molar-refractivity contribution is 0.0945. The molecule has 2 aromatic rings. The van der Waals surface area contributed by atoms with Gasteiger partial charge in [0.2, 0.25) is 0 Å². The summed E-state index contributed by atoms with van der Waals surface area (Å²) in [6.07, 6.45) is 5.67. The number of rotatable bonds is 2. The van der Waals surface area contributed by atoms with Gasteiger partial charge in [-0.1, -0.05) is 6.07 Å². The van der Waals surface area contributed by atoms with Crippen molar-refractivity contribution < 1.29 is 4.79 Å². The lowest BCUT2D eigenvalue weighted by Gasteiger charge is -2.02. The minimum Gasteiger partial charge on any atom is -0.348 e. The second kappa shape index (κ2) is 3.08. The fraction of sp³-hybridized carbons (Fsp3) is 0.273. The molecule has 0 unspecified atom stereocenters. The maximum absolute atomic E-state index is 11.8. The van der Waals surface area contributed by atoms with E-state index in [4.69, 9.17) is 0 Å². The second-order valence-corrected chi connectivity index (χ2v) is 3.82. The second-order valence-electron chi connectivity index (χ2n) is 3.82. The van der Waals surface area contributed by atoms with E-state index in [-0.39, 0.29) is 5.91 Å². The molecule has 76 valence electrons. The monoisotopic (exact) mass is 201 g/mol. The lowest BCUT2D eigenvalue weighted by atomic mass is 10.4. The lowest BCUT2D eigenvalue weighted by Crippen LogP contribution is -2.26. The molecule has 3 rings (SSSR count). The van der Waals surface area contributed by atoms with E-state index in [0.29, 0.717) is 11.7 Å². The zero-order valence-corrected chi connectivity index (χ0v) is 8.18. The van der Waals surface area contributed by atoms with E-state index in [1.807, 2.05) is 24.4 Å². The van der Waals surface area contributed by atoms with Crippen LogP contribution in [0, 0.1) is 0 Å². The molecule has 0 aromatic carbocycles. The Balaban J connectivity index is 1.98. The number of nitrogens with zero attached hydrogens (tertiary/aromatic N) is 2. The summed E-state index contributed by atoms with van der Waals surface area (Å²) in [4.78, 5) is 16.0. The molecule has 1 aliphatic carbocycles. The number of amides is 1. The van der Waals surface area contributed by atoms with E-state index in [1.54, 1.807) is 10.6 Å². The van der Waals surface area contributed by atoms with Crippen molar-refractivity contribution >= 4 is 11.6 Å². The Labute approximate surface area is 86.9 Å². The summed E-state index contributed by atoms with van der Waals surface area (Å²) in [7, 11) is 0. The van der Waals surface area contributed by atoms with Crippen LogP contribution in [0.4, 0.5) is 0 Å². The molecular formula is C11H11N3O. The molecule has 1 fully saturated rings. The number of imidazole rings is 1. The smallest absolute Gasteiger partial charge is 0.270 e. The van der Waals surface area contributed by atoms with Crippen molar-refractivity contribution in [2.45, 2.75) is 18.9 Å². The third-order valence-corrected chi connectivity index (χ3v) is 2.56. The Morgan fingerprint density at radius 1 is 1.47 bits per heavy atom. The van der Waals surface area contributed by atoms with Crippen LogP contribution < -0.4 is 5.32 Å². The summed E-state index contributed by atoms with van der Waals surface area (Å²) in [6.45, 7) is 0. The van der Waals surface area contributed by atoms with Crippen LogP contribution in [0.15, 0.2) is 30.6 Å². The molecule has 15 heavy (non-hydrogen) atoms. The van der Waals surface area contributed by atoms with Gasteiger partial charge >= 0.3 is 0 Å². The van der Waals surface area contributed by atoms with Crippen molar-refractivity contribution in [2.75, 3.05) is 0 Å². The molecule has 1 aliphatic rings. The Kier molecular flexibility index (Phi) is 1.74. The molecular weight excluding hydrogens is 190 g/mol. The molecule has 0 bridgehead atoms. The van der Waals surface area contributed by atoms with E-state index < -0.39 is 0 Å². The molecule has 1 saturated carbocycles. The number of aromatic nitrogens is 2. The summed E-state index contributed by atoms with van der Waals surface area (Å²) in [5.74, 6) is -0.0313. The van der Waals surface area contributed by atoms with Crippen LogP contribution in [0.25, 0.3) is 5.65 Å². The third kappa shape index (κ3) is 1.48. The Morgan fingerprint density at radius 3 is 3.13 bits per heavy atom. The van der Waals surface area contributed by atoms with Gasteiger partial charge in [0.05, 0.1) is 6.20 Å². The van der Waals surface area contributed by atoms with Gasteiger partial charge in [-0.3, -0.25) is 9.20 Å². The molecule has 0 atom stereocenters. The van der Waals surface area contributed by atoms with Gasteiger partial charge in [-0.2, -0.15) is 0 Å². The van der Waals surface area contributed by atoms with E-state index >= 15 is 0 Å². The maximum Gasteiger partial charge on any atom is 0.270 e. The normalized spacial score (nSPS) is 15.5. The highest BCUT2D eigenvalue weighted by atomic mass is 16.2. The van der Waals surface area contributed by atoms with Crippen LogP contribution in [0.5, 0.6) is 0 Å². The van der Waals surface area contributed by atoms with Crippen LogP contribution in [-0.4, -0.2) is 21.3 Å². The van der Waals surface area contributed by atoms with E-state index in [0.717, 1.165) is 18.5 Å². The predicted octanol–water partition coefficient (Wildman–Crippen LogP) is 1.23. The van der Waals surface area contributed by atoms with Crippen molar-refractivity contribution in [3.63, 3.8) is 0 Å². The number of pyridine rings is 1. The Morgan fingerprint density at radius 2 is 2.33 bits per heavy atom. The molecule has 1 amide bonds. The Hall–Kier alpha value is -1.84. The van der Waals surface area contributed by atoms with E-state index in [1.165, 1.54) is 0 Å². The quantitative estimate of drug-likeness (QED) is 0.794. The van der Waals surface area contributed by atoms with Crippen LogP contribution in [0.2, 0.25) is 0 Å². The first kappa shape index (κ1) is 8.47. The summed E-state index contributed by atoms with van der Waals surface area (Å²) >= 11 is 0. The largest absolute Gasteiger partial charge is 0.348 e. The van der Waals surface area contributed by atoms with Gasteiger partial charge in [0.15, 0.2) is 0 Å². The van der Waals surface area contributed by atoms with Crippen LogP contribution >= 0.6 is 0 Å². The zero-order valence-electron chi connectivity index (χ0n) is 8.18. The molecule has 1 N–H and O–H groups in total. The van der Waals surface area contributed by atoms with Crippen LogP contribution in [0.3, 0.4) is 0 Å². The van der Waals surface area contributed by atoms with Gasteiger partial charge in [-0.15, -0.1) is 0 Å².